The largest absolute Gasteiger partial charge is 0.383 e. The number of Topliss-reactive ketones (excluding diaryl/α,β-unsaturated/α-hetero) is 1. The lowest BCUT2D eigenvalue weighted by Crippen LogP contribution is -2.12. The lowest BCUT2D eigenvalue weighted by Gasteiger charge is -2.08. The SMILES string of the molecule is COCCn1c(-c2nc(C(=O)Nc3ccc(C(C)=O)cc3)cs2)cc2ccccc21. The Kier molecular flexibility index (Phi) is 5.74. The molecule has 0 aliphatic heterocycles. The molecular formula is C23H21N3O3S. The molecule has 1 N–H and O–H groups in total. The molecule has 0 spiro atoms. The van der Waals surface area contributed by atoms with E-state index in [1.165, 1.54) is 18.3 Å². The van der Waals surface area contributed by atoms with Crippen molar-refractivity contribution in [1.82, 2.24) is 9.55 Å². The van der Waals surface area contributed by atoms with Crippen LogP contribution in [0, 0.1) is 0 Å². The molecule has 0 saturated heterocycles. The lowest BCUT2D eigenvalue weighted by molar-refractivity contribution is 0.101. The molecule has 6 nitrogen and oxygen atoms in total. The van der Waals surface area contributed by atoms with E-state index in [9.17, 15) is 9.59 Å². The molecule has 4 rings (SSSR count). The highest BCUT2D eigenvalue weighted by molar-refractivity contribution is 7.13. The third kappa shape index (κ3) is 4.03. The molecular weight excluding hydrogens is 398 g/mol. The summed E-state index contributed by atoms with van der Waals surface area (Å²) in [7, 11) is 1.68. The smallest absolute Gasteiger partial charge is 0.275 e. The second-order valence-electron chi connectivity index (χ2n) is 6.86. The molecule has 2 heterocycles. The van der Waals surface area contributed by atoms with E-state index in [1.54, 1.807) is 36.8 Å². The summed E-state index contributed by atoms with van der Waals surface area (Å²) in [5.41, 5.74) is 3.65. The van der Waals surface area contributed by atoms with Gasteiger partial charge in [-0.1, -0.05) is 18.2 Å². The number of amides is 1. The Labute approximate surface area is 178 Å². The number of nitrogens with one attached hydrogen (secondary N) is 1. The second kappa shape index (κ2) is 8.61. The molecule has 1 amide bonds. The van der Waals surface area contributed by atoms with Gasteiger partial charge in [0.1, 0.15) is 10.7 Å². The normalized spacial score (nSPS) is 11.0. The molecule has 30 heavy (non-hydrogen) atoms. The minimum atomic E-state index is -0.285. The Bertz CT molecular complexity index is 1210. The van der Waals surface area contributed by atoms with Crippen LogP contribution in [0.4, 0.5) is 5.69 Å². The first-order chi connectivity index (χ1) is 14.6. The minimum Gasteiger partial charge on any atom is -0.383 e. The molecule has 7 heteroatoms. The average molecular weight is 420 g/mol. The summed E-state index contributed by atoms with van der Waals surface area (Å²) in [5, 5.41) is 6.49. The van der Waals surface area contributed by atoms with Crippen LogP contribution in [0.25, 0.3) is 21.6 Å². The fraction of sp³-hybridized carbons (Fsp3) is 0.174. The van der Waals surface area contributed by atoms with Gasteiger partial charge in [-0.3, -0.25) is 9.59 Å². The van der Waals surface area contributed by atoms with Gasteiger partial charge in [0.2, 0.25) is 0 Å². The number of nitrogens with zero attached hydrogens (tertiary/aromatic N) is 2. The van der Waals surface area contributed by atoms with Crippen molar-refractivity contribution in [3.8, 4) is 10.7 Å². The van der Waals surface area contributed by atoms with Crippen LogP contribution in [-0.2, 0) is 11.3 Å². The number of anilines is 1. The molecule has 4 aromatic rings. The van der Waals surface area contributed by atoms with E-state index in [2.05, 4.69) is 33.1 Å². The van der Waals surface area contributed by atoms with E-state index in [-0.39, 0.29) is 11.7 Å². The molecule has 152 valence electrons. The van der Waals surface area contributed by atoms with Gasteiger partial charge in [0.05, 0.1) is 12.3 Å². The topological polar surface area (TPSA) is 73.2 Å². The van der Waals surface area contributed by atoms with Crippen LogP contribution in [0.1, 0.15) is 27.8 Å². The van der Waals surface area contributed by atoms with Crippen molar-refractivity contribution in [1.29, 1.82) is 0 Å². The summed E-state index contributed by atoms with van der Waals surface area (Å²) in [6, 6.07) is 17.0. The van der Waals surface area contributed by atoms with Crippen LogP contribution < -0.4 is 5.32 Å². The molecule has 0 atom stereocenters. The third-order valence-electron chi connectivity index (χ3n) is 4.83. The molecule has 0 aliphatic carbocycles. The number of methoxy groups -OCH3 is 1. The highest BCUT2D eigenvalue weighted by atomic mass is 32.1. The summed E-state index contributed by atoms with van der Waals surface area (Å²) in [4.78, 5) is 28.6. The molecule has 0 radical (unpaired) electrons. The van der Waals surface area contributed by atoms with Gasteiger partial charge in [-0.05, 0) is 43.3 Å². The van der Waals surface area contributed by atoms with Gasteiger partial charge in [-0.15, -0.1) is 11.3 Å². The van der Waals surface area contributed by atoms with Gasteiger partial charge in [0.25, 0.3) is 5.91 Å². The Balaban J connectivity index is 1.59. The predicted molar refractivity (Wildman–Crippen MR) is 119 cm³/mol. The number of hydrogen-bond donors (Lipinski definition) is 1. The molecule has 2 aromatic carbocycles. The zero-order valence-corrected chi connectivity index (χ0v) is 17.5. The Morgan fingerprint density at radius 1 is 1.13 bits per heavy atom. The number of hydrogen-bond acceptors (Lipinski definition) is 5. The van der Waals surface area contributed by atoms with Gasteiger partial charge in [0, 0.05) is 41.2 Å². The van der Waals surface area contributed by atoms with E-state index < -0.39 is 0 Å². The first-order valence-electron chi connectivity index (χ1n) is 9.52. The number of para-hydroxylation sites is 1. The number of benzene rings is 2. The number of rotatable bonds is 7. The van der Waals surface area contributed by atoms with Gasteiger partial charge in [-0.25, -0.2) is 4.98 Å². The number of carbonyl (C=O) groups excluding carboxylic acids is 2. The fourth-order valence-electron chi connectivity index (χ4n) is 3.29. The predicted octanol–water partition coefficient (Wildman–Crippen LogP) is 4.87. The maximum Gasteiger partial charge on any atom is 0.275 e. The highest BCUT2D eigenvalue weighted by Gasteiger charge is 2.17. The van der Waals surface area contributed by atoms with E-state index in [4.69, 9.17) is 4.74 Å². The molecule has 0 bridgehead atoms. The Morgan fingerprint density at radius 2 is 1.90 bits per heavy atom. The zero-order chi connectivity index (χ0) is 21.1. The van der Waals surface area contributed by atoms with E-state index in [0.717, 1.165) is 21.6 Å². The van der Waals surface area contributed by atoms with Crippen molar-refractivity contribution in [3.63, 3.8) is 0 Å². The number of ether oxygens (including phenoxy) is 1. The van der Waals surface area contributed by atoms with Crippen LogP contribution in [0.5, 0.6) is 0 Å². The van der Waals surface area contributed by atoms with Gasteiger partial charge < -0.3 is 14.6 Å². The van der Waals surface area contributed by atoms with Crippen molar-refractivity contribution < 1.29 is 14.3 Å². The summed E-state index contributed by atoms with van der Waals surface area (Å²) in [6.07, 6.45) is 0. The second-order valence-corrected chi connectivity index (χ2v) is 7.72. The van der Waals surface area contributed by atoms with Crippen molar-refractivity contribution in [3.05, 3.63) is 71.2 Å². The maximum absolute atomic E-state index is 12.6. The first-order valence-corrected chi connectivity index (χ1v) is 10.4. The standard InChI is InChI=1S/C23H21N3O3S/c1-15(27)16-7-9-18(10-8-16)24-22(28)19-14-30-23(25-19)21-13-17-5-3-4-6-20(17)26(21)11-12-29-2/h3-10,13-14H,11-12H2,1-2H3,(H,24,28). The minimum absolute atomic E-state index is 0.0131. The maximum atomic E-state index is 12.6. The lowest BCUT2D eigenvalue weighted by atomic mass is 10.1. The molecule has 0 fully saturated rings. The zero-order valence-electron chi connectivity index (χ0n) is 16.7. The molecule has 0 saturated carbocycles. The number of carbonyl (C=O) groups is 2. The van der Waals surface area contributed by atoms with Crippen molar-refractivity contribution >= 4 is 39.6 Å². The number of ketones is 1. The van der Waals surface area contributed by atoms with E-state index in [0.29, 0.717) is 30.1 Å². The molecule has 0 aliphatic rings. The average Bonchev–Trinajstić information content (AvgIpc) is 3.37. The molecule has 0 unspecified atom stereocenters. The fourth-order valence-corrected chi connectivity index (χ4v) is 4.11. The Hall–Kier alpha value is -3.29. The summed E-state index contributed by atoms with van der Waals surface area (Å²) >= 11 is 1.43. The Morgan fingerprint density at radius 3 is 2.63 bits per heavy atom. The summed E-state index contributed by atoms with van der Waals surface area (Å²) < 4.78 is 7.43. The van der Waals surface area contributed by atoms with Gasteiger partial charge >= 0.3 is 0 Å². The quantitative estimate of drug-likeness (QED) is 0.434. The summed E-state index contributed by atoms with van der Waals surface area (Å²) in [5.74, 6) is -0.298. The van der Waals surface area contributed by atoms with E-state index in [1.807, 2.05) is 12.1 Å². The number of fused-ring (bicyclic) bond motifs is 1. The van der Waals surface area contributed by atoms with Crippen LogP contribution in [0.3, 0.4) is 0 Å². The molecule has 2 aromatic heterocycles. The first kappa shape index (κ1) is 20.0. The van der Waals surface area contributed by atoms with Crippen LogP contribution >= 0.6 is 11.3 Å². The van der Waals surface area contributed by atoms with Gasteiger partial charge in [-0.2, -0.15) is 0 Å². The van der Waals surface area contributed by atoms with Crippen LogP contribution in [0.2, 0.25) is 0 Å². The monoisotopic (exact) mass is 419 g/mol. The van der Waals surface area contributed by atoms with E-state index >= 15 is 0 Å². The van der Waals surface area contributed by atoms with Crippen molar-refractivity contribution in [2.45, 2.75) is 13.5 Å². The van der Waals surface area contributed by atoms with Gasteiger partial charge in [0.15, 0.2) is 5.78 Å². The van der Waals surface area contributed by atoms with Crippen molar-refractivity contribution in [2.75, 3.05) is 19.0 Å². The third-order valence-corrected chi connectivity index (χ3v) is 5.70. The number of thiazole rings is 1. The highest BCUT2D eigenvalue weighted by Crippen LogP contribution is 2.30. The van der Waals surface area contributed by atoms with Crippen LogP contribution in [0.15, 0.2) is 60.0 Å². The summed E-state index contributed by atoms with van der Waals surface area (Å²) in [6.45, 7) is 2.79. The van der Waals surface area contributed by atoms with Crippen LogP contribution in [-0.4, -0.2) is 35.0 Å². The number of aromatic nitrogens is 2. The van der Waals surface area contributed by atoms with Crippen molar-refractivity contribution in [2.24, 2.45) is 0 Å².